The Morgan fingerprint density at radius 3 is 2.38 bits per heavy atom. The van der Waals surface area contributed by atoms with Gasteiger partial charge in [-0.15, -0.1) is 0 Å². The number of nitrogens with one attached hydrogen (secondary N) is 1. The molecule has 2 aromatic carbocycles. The van der Waals surface area contributed by atoms with Crippen LogP contribution in [0.2, 0.25) is 10.0 Å². The number of aryl methyl sites for hydroxylation is 1. The van der Waals surface area contributed by atoms with Gasteiger partial charge in [-0.3, -0.25) is 14.9 Å². The molecule has 5 N–H and O–H groups in total. The van der Waals surface area contributed by atoms with Gasteiger partial charge in [0.1, 0.15) is 6.61 Å². The van der Waals surface area contributed by atoms with Crippen molar-refractivity contribution in [2.75, 3.05) is 31.6 Å². The maximum absolute atomic E-state index is 12.7. The number of anilines is 1. The number of ether oxygens (including phenoxy) is 1. The van der Waals surface area contributed by atoms with Crippen LogP contribution in [-0.4, -0.2) is 49.0 Å². The van der Waals surface area contributed by atoms with Crippen molar-refractivity contribution in [2.24, 2.45) is 16.9 Å². The minimum Gasteiger partial charge on any atom is -0.449 e. The van der Waals surface area contributed by atoms with E-state index in [0.29, 0.717) is 47.2 Å². The van der Waals surface area contributed by atoms with Crippen LogP contribution in [-0.2, 0) is 14.3 Å². The number of rotatable bonds is 7. The number of halogens is 2. The molecule has 0 spiro atoms. The summed E-state index contributed by atoms with van der Waals surface area (Å²) < 4.78 is 5.60. The number of nitrogens with two attached hydrogens (primary N) is 2. The molecule has 1 atom stereocenters. The van der Waals surface area contributed by atoms with Gasteiger partial charge in [-0.1, -0.05) is 47.5 Å². The van der Waals surface area contributed by atoms with E-state index in [2.05, 4.69) is 5.32 Å². The summed E-state index contributed by atoms with van der Waals surface area (Å²) in [7, 11) is 0. The number of carbonyl (C=O) groups excluding carboxylic acids is 3. The Labute approximate surface area is 208 Å². The van der Waals surface area contributed by atoms with E-state index < -0.39 is 23.3 Å². The largest absolute Gasteiger partial charge is 0.449 e. The van der Waals surface area contributed by atoms with E-state index in [1.54, 1.807) is 41.3 Å². The number of amides is 3. The van der Waals surface area contributed by atoms with Gasteiger partial charge in [0.15, 0.2) is 0 Å². The molecular formula is C24H28Cl2N4O4. The molecule has 0 aliphatic carbocycles. The molecule has 0 radical (unpaired) electrons. The van der Waals surface area contributed by atoms with Gasteiger partial charge in [0.25, 0.3) is 0 Å². The maximum atomic E-state index is 12.7. The van der Waals surface area contributed by atoms with E-state index in [1.165, 1.54) is 0 Å². The molecular weight excluding hydrogens is 479 g/mol. The normalized spacial score (nSPS) is 15.9. The third-order valence-corrected chi connectivity index (χ3v) is 6.91. The fourth-order valence-electron chi connectivity index (χ4n) is 4.42. The number of likely N-dealkylation sites (tertiary alicyclic amines) is 1. The van der Waals surface area contributed by atoms with Gasteiger partial charge in [-0.2, -0.15) is 0 Å². The minimum atomic E-state index is -0.864. The zero-order chi connectivity index (χ0) is 24.9. The molecule has 34 heavy (non-hydrogen) atoms. The summed E-state index contributed by atoms with van der Waals surface area (Å²) in [5.41, 5.74) is 12.4. The smallest absolute Gasteiger partial charge is 0.411 e. The second-order valence-corrected chi connectivity index (χ2v) is 9.30. The third kappa shape index (κ3) is 5.81. The monoisotopic (exact) mass is 506 g/mol. The van der Waals surface area contributed by atoms with Crippen molar-refractivity contribution in [1.29, 1.82) is 0 Å². The van der Waals surface area contributed by atoms with E-state index in [0.717, 1.165) is 5.56 Å². The van der Waals surface area contributed by atoms with Crippen molar-refractivity contribution < 1.29 is 19.1 Å². The average molecular weight is 507 g/mol. The topological polar surface area (TPSA) is 128 Å². The number of benzene rings is 2. The predicted molar refractivity (Wildman–Crippen MR) is 132 cm³/mol. The second kappa shape index (κ2) is 11.1. The summed E-state index contributed by atoms with van der Waals surface area (Å²) in [4.78, 5) is 39.1. The van der Waals surface area contributed by atoms with Crippen molar-refractivity contribution in [3.8, 4) is 0 Å². The minimum absolute atomic E-state index is 0.104. The van der Waals surface area contributed by atoms with Gasteiger partial charge in [0, 0.05) is 23.5 Å². The fraction of sp³-hybridized carbons (Fsp3) is 0.375. The molecule has 2 aromatic rings. The van der Waals surface area contributed by atoms with Crippen LogP contribution >= 0.6 is 23.2 Å². The average Bonchev–Trinajstić information content (AvgIpc) is 2.81. The van der Waals surface area contributed by atoms with Gasteiger partial charge < -0.3 is 21.1 Å². The van der Waals surface area contributed by atoms with E-state index in [-0.39, 0.29) is 19.1 Å². The molecule has 8 nitrogen and oxygen atoms in total. The van der Waals surface area contributed by atoms with Crippen LogP contribution in [0.25, 0.3) is 0 Å². The van der Waals surface area contributed by atoms with Crippen molar-refractivity contribution in [1.82, 2.24) is 4.90 Å². The predicted octanol–water partition coefficient (Wildman–Crippen LogP) is 3.69. The molecule has 0 saturated carbocycles. The Balaban J connectivity index is 1.86. The van der Waals surface area contributed by atoms with Crippen LogP contribution in [0.1, 0.15) is 29.9 Å². The van der Waals surface area contributed by atoms with Crippen LogP contribution in [0.5, 0.6) is 0 Å². The van der Waals surface area contributed by atoms with Crippen LogP contribution < -0.4 is 16.8 Å². The molecule has 182 valence electrons. The first-order valence-corrected chi connectivity index (χ1v) is 11.6. The number of hydrogen-bond donors (Lipinski definition) is 3. The summed E-state index contributed by atoms with van der Waals surface area (Å²) in [6, 6.07) is 12.2. The van der Waals surface area contributed by atoms with Crippen LogP contribution in [0.3, 0.4) is 0 Å². The number of primary amides is 1. The Kier molecular flexibility index (Phi) is 8.41. The lowest BCUT2D eigenvalue weighted by atomic mass is 9.66. The molecule has 10 heteroatoms. The quantitative estimate of drug-likeness (QED) is 0.527. The Bertz CT molecular complexity index is 1070. The van der Waals surface area contributed by atoms with E-state index in [9.17, 15) is 14.4 Å². The summed E-state index contributed by atoms with van der Waals surface area (Å²) >= 11 is 12.6. The summed E-state index contributed by atoms with van der Waals surface area (Å²) in [5, 5.41) is 3.40. The zero-order valence-electron chi connectivity index (χ0n) is 18.9. The first-order valence-electron chi connectivity index (χ1n) is 10.9. The molecule has 3 rings (SSSR count). The highest BCUT2D eigenvalue weighted by Gasteiger charge is 2.47. The number of nitrogens with zero attached hydrogens (tertiary/aromatic N) is 1. The van der Waals surface area contributed by atoms with Crippen molar-refractivity contribution in [3.05, 3.63) is 63.6 Å². The molecule has 1 unspecified atom stereocenters. The highest BCUT2D eigenvalue weighted by molar-refractivity contribution is 6.33. The highest BCUT2D eigenvalue weighted by atomic mass is 35.5. The van der Waals surface area contributed by atoms with Crippen molar-refractivity contribution >= 4 is 46.8 Å². The summed E-state index contributed by atoms with van der Waals surface area (Å²) in [6.07, 6.45) is 0.0275. The van der Waals surface area contributed by atoms with Gasteiger partial charge in [-0.05, 0) is 49.1 Å². The molecule has 1 fully saturated rings. The van der Waals surface area contributed by atoms with Gasteiger partial charge in [0.05, 0.1) is 23.2 Å². The van der Waals surface area contributed by atoms with Crippen LogP contribution in [0, 0.1) is 12.3 Å². The highest BCUT2D eigenvalue weighted by Crippen LogP contribution is 2.46. The fourth-order valence-corrected chi connectivity index (χ4v) is 4.95. The number of carbonyl (C=O) groups is 3. The molecule has 0 aromatic heterocycles. The lowest BCUT2D eigenvalue weighted by Crippen LogP contribution is -2.51. The lowest BCUT2D eigenvalue weighted by Gasteiger charge is -2.45. The van der Waals surface area contributed by atoms with Gasteiger partial charge in [0.2, 0.25) is 11.8 Å². The Morgan fingerprint density at radius 2 is 1.79 bits per heavy atom. The molecule has 3 amide bonds. The summed E-state index contributed by atoms with van der Waals surface area (Å²) in [5.74, 6) is -1.60. The Morgan fingerprint density at radius 1 is 1.12 bits per heavy atom. The van der Waals surface area contributed by atoms with E-state index in [1.807, 2.05) is 13.0 Å². The summed E-state index contributed by atoms with van der Waals surface area (Å²) in [6.45, 7) is 2.37. The third-order valence-electron chi connectivity index (χ3n) is 6.25. The second-order valence-electron chi connectivity index (χ2n) is 8.49. The van der Waals surface area contributed by atoms with Crippen LogP contribution in [0.15, 0.2) is 42.5 Å². The molecule has 1 heterocycles. The van der Waals surface area contributed by atoms with Gasteiger partial charge in [-0.25, -0.2) is 4.79 Å². The molecule has 1 saturated heterocycles. The van der Waals surface area contributed by atoms with Crippen molar-refractivity contribution in [3.63, 3.8) is 0 Å². The first kappa shape index (κ1) is 25.8. The molecule has 1 aliphatic heterocycles. The molecule has 1 aliphatic rings. The molecule has 0 bridgehead atoms. The standard InChI is InChI=1S/C24H28Cl2N4O4/c1-15-6-7-19(18(26)12-15)29-23(33)34-14-24(8-10-30(11-9-24)20(31)13-27)21(22(28)32)16-4-2-3-5-17(16)25/h2-7,12,21H,8-11,13-14,27H2,1H3,(H2,28,32)(H,29,33). The van der Waals surface area contributed by atoms with Crippen LogP contribution in [0.4, 0.5) is 10.5 Å². The Hall–Kier alpha value is -2.81. The SMILES string of the molecule is Cc1ccc(NC(=O)OCC2(C(C(N)=O)c3ccccc3Cl)CCN(C(=O)CN)CC2)c(Cl)c1. The lowest BCUT2D eigenvalue weighted by molar-refractivity contribution is -0.134. The maximum Gasteiger partial charge on any atom is 0.411 e. The van der Waals surface area contributed by atoms with Gasteiger partial charge >= 0.3 is 6.09 Å². The zero-order valence-corrected chi connectivity index (χ0v) is 20.4. The first-order chi connectivity index (χ1) is 16.2. The number of hydrogen-bond acceptors (Lipinski definition) is 5. The number of piperidine rings is 1. The van der Waals surface area contributed by atoms with E-state index in [4.69, 9.17) is 39.4 Å². The van der Waals surface area contributed by atoms with Crippen molar-refractivity contribution in [2.45, 2.75) is 25.7 Å². The van der Waals surface area contributed by atoms with E-state index >= 15 is 0 Å².